The molecule has 6 heteroatoms. The lowest BCUT2D eigenvalue weighted by atomic mass is 10.1. The zero-order valence-electron chi connectivity index (χ0n) is 13.8. The lowest BCUT2D eigenvalue weighted by Crippen LogP contribution is -2.40. The van der Waals surface area contributed by atoms with E-state index in [4.69, 9.17) is 10.5 Å². The molecule has 1 aromatic carbocycles. The molecule has 0 aliphatic carbocycles. The van der Waals surface area contributed by atoms with Crippen LogP contribution >= 0.6 is 0 Å². The zero-order valence-corrected chi connectivity index (χ0v) is 13.8. The van der Waals surface area contributed by atoms with Crippen molar-refractivity contribution in [2.24, 2.45) is 10.7 Å². The third kappa shape index (κ3) is 5.75. The fourth-order valence-corrected chi connectivity index (χ4v) is 2.34. The molecule has 6 nitrogen and oxygen atoms in total. The maximum Gasteiger partial charge on any atom is 0.189 e. The molecule has 1 heterocycles. The number of hydrogen-bond acceptors (Lipinski definition) is 3. The van der Waals surface area contributed by atoms with Crippen LogP contribution in [0, 0.1) is 0 Å². The smallest absolute Gasteiger partial charge is 0.189 e. The van der Waals surface area contributed by atoms with Crippen molar-refractivity contribution in [1.29, 1.82) is 0 Å². The fourth-order valence-electron chi connectivity index (χ4n) is 2.34. The standard InChI is InChI=1S/C17H25N5O/c1-14(13-23-2)21-17(18)20-12-16-19-9-11-22(16)10-8-15-6-4-3-5-7-15/h3-7,9,11,14H,8,10,12-13H2,1-2H3,(H3,18,20,21). The Balaban J connectivity index is 1.88. The topological polar surface area (TPSA) is 77.5 Å². The summed E-state index contributed by atoms with van der Waals surface area (Å²) in [5.41, 5.74) is 7.19. The number of nitrogens with zero attached hydrogens (tertiary/aromatic N) is 3. The number of benzene rings is 1. The summed E-state index contributed by atoms with van der Waals surface area (Å²) in [4.78, 5) is 8.71. The zero-order chi connectivity index (χ0) is 16.5. The maximum absolute atomic E-state index is 5.88. The van der Waals surface area contributed by atoms with Gasteiger partial charge in [0.2, 0.25) is 0 Å². The van der Waals surface area contributed by atoms with E-state index in [1.807, 2.05) is 19.2 Å². The molecule has 2 aromatic rings. The fraction of sp³-hybridized carbons (Fsp3) is 0.412. The maximum atomic E-state index is 5.88. The Bertz CT molecular complexity index is 608. The number of guanidine groups is 1. The molecule has 0 spiro atoms. The van der Waals surface area contributed by atoms with Crippen LogP contribution in [0.2, 0.25) is 0 Å². The Kier molecular flexibility index (Phi) is 6.62. The van der Waals surface area contributed by atoms with Gasteiger partial charge < -0.3 is 20.4 Å². The second kappa shape index (κ2) is 8.95. The van der Waals surface area contributed by atoms with Crippen LogP contribution in [-0.4, -0.2) is 35.3 Å². The minimum atomic E-state index is 0.126. The van der Waals surface area contributed by atoms with E-state index in [9.17, 15) is 0 Å². The number of aliphatic imine (C=N–C) groups is 1. The molecule has 1 aromatic heterocycles. The molecule has 0 aliphatic rings. The van der Waals surface area contributed by atoms with Crippen LogP contribution in [-0.2, 0) is 24.2 Å². The Morgan fingerprint density at radius 1 is 1.39 bits per heavy atom. The predicted molar refractivity (Wildman–Crippen MR) is 92.2 cm³/mol. The van der Waals surface area contributed by atoms with Crippen molar-refractivity contribution in [1.82, 2.24) is 14.9 Å². The lowest BCUT2D eigenvalue weighted by Gasteiger charge is -2.13. The number of ether oxygens (including phenoxy) is 1. The molecular weight excluding hydrogens is 290 g/mol. The summed E-state index contributed by atoms with van der Waals surface area (Å²) in [6.07, 6.45) is 4.74. The summed E-state index contributed by atoms with van der Waals surface area (Å²) in [5.74, 6) is 1.32. The van der Waals surface area contributed by atoms with Crippen molar-refractivity contribution in [3.63, 3.8) is 0 Å². The van der Waals surface area contributed by atoms with Crippen molar-refractivity contribution < 1.29 is 4.74 Å². The highest BCUT2D eigenvalue weighted by Gasteiger charge is 2.05. The second-order valence-corrected chi connectivity index (χ2v) is 5.47. The third-order valence-electron chi connectivity index (χ3n) is 3.49. The van der Waals surface area contributed by atoms with E-state index in [0.29, 0.717) is 19.1 Å². The quantitative estimate of drug-likeness (QED) is 0.572. The van der Waals surface area contributed by atoms with Gasteiger partial charge in [0.15, 0.2) is 5.96 Å². The van der Waals surface area contributed by atoms with Crippen molar-refractivity contribution in [3.05, 3.63) is 54.1 Å². The number of aryl methyl sites for hydroxylation is 2. The molecule has 0 amide bonds. The number of imidazole rings is 1. The van der Waals surface area contributed by atoms with E-state index in [0.717, 1.165) is 18.8 Å². The minimum Gasteiger partial charge on any atom is -0.383 e. The van der Waals surface area contributed by atoms with E-state index in [-0.39, 0.29) is 6.04 Å². The number of nitrogens with one attached hydrogen (secondary N) is 1. The monoisotopic (exact) mass is 315 g/mol. The summed E-state index contributed by atoms with van der Waals surface area (Å²) in [6.45, 7) is 3.91. The molecule has 0 bridgehead atoms. The number of hydrogen-bond donors (Lipinski definition) is 2. The van der Waals surface area contributed by atoms with Crippen molar-refractivity contribution in [3.8, 4) is 0 Å². The summed E-state index contributed by atoms with van der Waals surface area (Å²) in [5, 5.41) is 3.09. The minimum absolute atomic E-state index is 0.126. The van der Waals surface area contributed by atoms with Gasteiger partial charge in [-0.1, -0.05) is 30.3 Å². The van der Waals surface area contributed by atoms with Gasteiger partial charge in [0.05, 0.1) is 6.61 Å². The first-order chi connectivity index (χ1) is 11.2. The Morgan fingerprint density at radius 2 is 2.17 bits per heavy atom. The van der Waals surface area contributed by atoms with Gasteiger partial charge in [-0.3, -0.25) is 0 Å². The van der Waals surface area contributed by atoms with Gasteiger partial charge in [-0.25, -0.2) is 9.98 Å². The first-order valence-electron chi connectivity index (χ1n) is 7.78. The average Bonchev–Trinajstić information content (AvgIpc) is 2.99. The lowest BCUT2D eigenvalue weighted by molar-refractivity contribution is 0.179. The van der Waals surface area contributed by atoms with Gasteiger partial charge in [-0.2, -0.15) is 0 Å². The van der Waals surface area contributed by atoms with E-state index in [2.05, 4.69) is 44.1 Å². The van der Waals surface area contributed by atoms with Crippen molar-refractivity contribution in [2.75, 3.05) is 13.7 Å². The van der Waals surface area contributed by atoms with Crippen LogP contribution in [0.1, 0.15) is 18.3 Å². The molecule has 1 atom stereocenters. The molecule has 2 rings (SSSR count). The average molecular weight is 315 g/mol. The normalized spacial score (nSPS) is 13.0. The Hall–Kier alpha value is -2.34. The van der Waals surface area contributed by atoms with Crippen LogP contribution in [0.3, 0.4) is 0 Å². The van der Waals surface area contributed by atoms with Gasteiger partial charge in [0.1, 0.15) is 12.4 Å². The van der Waals surface area contributed by atoms with Crippen LogP contribution in [0.5, 0.6) is 0 Å². The molecule has 1 unspecified atom stereocenters. The molecule has 3 N–H and O–H groups in total. The number of aromatic nitrogens is 2. The van der Waals surface area contributed by atoms with E-state index < -0.39 is 0 Å². The molecule has 23 heavy (non-hydrogen) atoms. The van der Waals surface area contributed by atoms with Crippen molar-refractivity contribution in [2.45, 2.75) is 32.5 Å². The SMILES string of the molecule is COCC(C)NC(N)=NCc1nccn1CCc1ccccc1. The Morgan fingerprint density at radius 3 is 2.91 bits per heavy atom. The molecule has 0 aliphatic heterocycles. The van der Waals surface area contributed by atoms with Gasteiger partial charge in [0.25, 0.3) is 0 Å². The number of nitrogens with two attached hydrogens (primary N) is 1. The highest BCUT2D eigenvalue weighted by molar-refractivity contribution is 5.78. The summed E-state index contributed by atoms with van der Waals surface area (Å²) in [6, 6.07) is 10.5. The highest BCUT2D eigenvalue weighted by Crippen LogP contribution is 2.05. The molecule has 124 valence electrons. The predicted octanol–water partition coefficient (Wildman–Crippen LogP) is 1.57. The number of rotatable bonds is 8. The first-order valence-corrected chi connectivity index (χ1v) is 7.78. The number of methoxy groups -OCH3 is 1. The van der Waals surface area contributed by atoms with E-state index >= 15 is 0 Å². The summed E-state index contributed by atoms with van der Waals surface area (Å²) in [7, 11) is 1.66. The second-order valence-electron chi connectivity index (χ2n) is 5.47. The molecule has 0 saturated carbocycles. The van der Waals surface area contributed by atoms with E-state index in [1.54, 1.807) is 13.3 Å². The van der Waals surface area contributed by atoms with Crippen LogP contribution in [0.25, 0.3) is 0 Å². The Labute approximate surface area is 137 Å². The molecule has 0 radical (unpaired) electrons. The highest BCUT2D eigenvalue weighted by atomic mass is 16.5. The van der Waals surface area contributed by atoms with E-state index in [1.165, 1.54) is 5.56 Å². The van der Waals surface area contributed by atoms with Gasteiger partial charge in [0, 0.05) is 32.1 Å². The largest absolute Gasteiger partial charge is 0.383 e. The molecule has 0 fully saturated rings. The summed E-state index contributed by atoms with van der Waals surface area (Å²) < 4.78 is 7.17. The third-order valence-corrected chi connectivity index (χ3v) is 3.49. The van der Waals surface area contributed by atoms with Gasteiger partial charge in [-0.15, -0.1) is 0 Å². The van der Waals surface area contributed by atoms with Crippen molar-refractivity contribution >= 4 is 5.96 Å². The van der Waals surface area contributed by atoms with Gasteiger partial charge in [-0.05, 0) is 18.9 Å². The van der Waals surface area contributed by atoms with Crippen LogP contribution in [0.4, 0.5) is 0 Å². The molecular formula is C17H25N5O. The van der Waals surface area contributed by atoms with Crippen LogP contribution < -0.4 is 11.1 Å². The first kappa shape index (κ1) is 17.0. The van der Waals surface area contributed by atoms with Gasteiger partial charge >= 0.3 is 0 Å². The van der Waals surface area contributed by atoms with Crippen LogP contribution in [0.15, 0.2) is 47.7 Å². The summed E-state index contributed by atoms with van der Waals surface area (Å²) >= 11 is 0. The molecule has 0 saturated heterocycles.